The van der Waals surface area contributed by atoms with Crippen molar-refractivity contribution in [3.63, 3.8) is 0 Å². The largest absolute Gasteiger partial charge is 0.490 e. The highest BCUT2D eigenvalue weighted by Gasteiger charge is 2.30. The number of nitrogens with one attached hydrogen (secondary N) is 1. The van der Waals surface area contributed by atoms with E-state index < -0.39 is 4.92 Å². The van der Waals surface area contributed by atoms with Crippen LogP contribution in [-0.4, -0.2) is 42.0 Å². The molecular weight excluding hydrogens is 398 g/mol. The molecule has 1 saturated heterocycles. The second-order valence-electron chi connectivity index (χ2n) is 7.81. The molecule has 0 saturated carbocycles. The maximum atomic E-state index is 12.9. The Morgan fingerprint density at radius 3 is 2.77 bits per heavy atom. The molecule has 8 heteroatoms. The third-order valence-corrected chi connectivity index (χ3v) is 5.71. The van der Waals surface area contributed by atoms with E-state index in [0.29, 0.717) is 38.3 Å². The molecule has 164 valence electrons. The first-order valence-electron chi connectivity index (χ1n) is 10.8. The zero-order valence-corrected chi connectivity index (χ0v) is 17.4. The van der Waals surface area contributed by atoms with Crippen LogP contribution in [0, 0.1) is 10.1 Å². The molecule has 1 N–H and O–H groups in total. The molecule has 2 aromatic rings. The number of carbonyl (C=O) groups excluding carboxylic acids is 1. The molecule has 2 aliphatic rings. The highest BCUT2D eigenvalue weighted by Crippen LogP contribution is 2.38. The minimum atomic E-state index is -0.405. The summed E-state index contributed by atoms with van der Waals surface area (Å²) >= 11 is 0. The first kappa shape index (κ1) is 21.0. The predicted octanol–water partition coefficient (Wildman–Crippen LogP) is 4.31. The summed E-state index contributed by atoms with van der Waals surface area (Å²) in [6.45, 7) is 2.53. The fourth-order valence-corrected chi connectivity index (χ4v) is 4.19. The van der Waals surface area contributed by atoms with E-state index in [2.05, 4.69) is 5.32 Å². The Labute approximate surface area is 181 Å². The summed E-state index contributed by atoms with van der Waals surface area (Å²) in [7, 11) is 0. The zero-order chi connectivity index (χ0) is 21.6. The lowest BCUT2D eigenvalue weighted by Gasteiger charge is -2.26. The number of hydrogen-bond donors (Lipinski definition) is 1. The Balaban J connectivity index is 1.33. The van der Waals surface area contributed by atoms with Gasteiger partial charge in [0.05, 0.1) is 24.2 Å². The number of benzene rings is 2. The molecule has 31 heavy (non-hydrogen) atoms. The quantitative estimate of drug-likeness (QED) is 0.404. The van der Waals surface area contributed by atoms with Gasteiger partial charge in [-0.15, -0.1) is 0 Å². The molecule has 2 aromatic carbocycles. The Kier molecular flexibility index (Phi) is 6.54. The zero-order valence-electron chi connectivity index (χ0n) is 17.4. The average molecular weight is 425 g/mol. The molecule has 4 rings (SSSR count). The monoisotopic (exact) mass is 425 g/mol. The van der Waals surface area contributed by atoms with Crippen LogP contribution in [-0.2, 0) is 4.79 Å². The van der Waals surface area contributed by atoms with Gasteiger partial charge in [0.2, 0.25) is 5.91 Å². The Morgan fingerprint density at radius 1 is 1.13 bits per heavy atom. The molecule has 0 bridgehead atoms. The van der Waals surface area contributed by atoms with E-state index in [1.165, 1.54) is 6.07 Å². The van der Waals surface area contributed by atoms with Crippen LogP contribution in [0.4, 0.5) is 11.4 Å². The fraction of sp³-hybridized carbons (Fsp3) is 0.435. The molecule has 1 amide bonds. The summed E-state index contributed by atoms with van der Waals surface area (Å²) in [5, 5.41) is 14.2. The molecule has 1 atom stereocenters. The Hall–Kier alpha value is -3.29. The van der Waals surface area contributed by atoms with Gasteiger partial charge < -0.3 is 19.7 Å². The van der Waals surface area contributed by atoms with E-state index in [1.54, 1.807) is 18.2 Å². The van der Waals surface area contributed by atoms with Gasteiger partial charge in [0, 0.05) is 32.0 Å². The molecule has 0 radical (unpaired) electrons. The van der Waals surface area contributed by atoms with Crippen LogP contribution in [0.3, 0.4) is 0 Å². The lowest BCUT2D eigenvalue weighted by molar-refractivity contribution is -0.384. The SMILES string of the molecule is O=C(CCCNc1ccccc1[N+](=O)[O-])N1CCCC1c1ccc2c(c1)OCCCO2. The second kappa shape index (κ2) is 9.68. The van der Waals surface area contributed by atoms with Crippen LogP contribution in [0.1, 0.15) is 43.7 Å². The summed E-state index contributed by atoms with van der Waals surface area (Å²) in [6, 6.07) is 12.6. The fourth-order valence-electron chi connectivity index (χ4n) is 4.19. The normalized spacial score (nSPS) is 17.8. The van der Waals surface area contributed by atoms with Crippen molar-refractivity contribution >= 4 is 17.3 Å². The topological polar surface area (TPSA) is 93.9 Å². The van der Waals surface area contributed by atoms with Crippen LogP contribution >= 0.6 is 0 Å². The lowest BCUT2D eigenvalue weighted by atomic mass is 10.0. The summed E-state index contributed by atoms with van der Waals surface area (Å²) in [4.78, 5) is 25.5. The first-order valence-corrected chi connectivity index (χ1v) is 10.8. The minimum absolute atomic E-state index is 0.0443. The van der Waals surface area contributed by atoms with Crippen LogP contribution in [0.2, 0.25) is 0 Å². The van der Waals surface area contributed by atoms with Crippen LogP contribution in [0.15, 0.2) is 42.5 Å². The molecule has 2 heterocycles. The van der Waals surface area contributed by atoms with Crippen molar-refractivity contribution in [2.24, 2.45) is 0 Å². The van der Waals surface area contributed by atoms with Gasteiger partial charge in [-0.3, -0.25) is 14.9 Å². The van der Waals surface area contributed by atoms with Crippen molar-refractivity contribution < 1.29 is 19.2 Å². The number of anilines is 1. The van der Waals surface area contributed by atoms with Gasteiger partial charge in [0.1, 0.15) is 5.69 Å². The van der Waals surface area contributed by atoms with Gasteiger partial charge in [-0.25, -0.2) is 0 Å². The van der Waals surface area contributed by atoms with Crippen molar-refractivity contribution in [2.45, 2.75) is 38.1 Å². The molecule has 1 unspecified atom stereocenters. The van der Waals surface area contributed by atoms with Gasteiger partial charge in [0.15, 0.2) is 11.5 Å². The molecule has 8 nitrogen and oxygen atoms in total. The van der Waals surface area contributed by atoms with E-state index in [9.17, 15) is 14.9 Å². The molecular formula is C23H27N3O5. The van der Waals surface area contributed by atoms with Gasteiger partial charge in [0.25, 0.3) is 5.69 Å². The number of nitro benzene ring substituents is 1. The number of rotatable bonds is 7. The van der Waals surface area contributed by atoms with Gasteiger partial charge in [-0.1, -0.05) is 18.2 Å². The van der Waals surface area contributed by atoms with Gasteiger partial charge >= 0.3 is 0 Å². The maximum absolute atomic E-state index is 12.9. The van der Waals surface area contributed by atoms with Gasteiger partial charge in [-0.2, -0.15) is 0 Å². The highest BCUT2D eigenvalue weighted by molar-refractivity contribution is 5.77. The standard InChI is InChI=1S/C23H27N3O5/c27-23(9-3-12-24-18-6-1-2-7-20(18)26(28)29)25-13-4-8-19(25)17-10-11-21-22(16-17)31-15-5-14-30-21/h1-2,6-7,10-11,16,19,24H,3-5,8-9,12-15H2. The van der Waals surface area contributed by atoms with Crippen molar-refractivity contribution in [1.82, 2.24) is 4.90 Å². The van der Waals surface area contributed by atoms with Crippen LogP contribution in [0.25, 0.3) is 0 Å². The summed E-state index contributed by atoms with van der Waals surface area (Å²) in [6.07, 6.45) is 3.77. The number of fused-ring (bicyclic) bond motifs is 1. The number of likely N-dealkylation sites (tertiary alicyclic amines) is 1. The number of hydrogen-bond acceptors (Lipinski definition) is 6. The molecule has 2 aliphatic heterocycles. The van der Waals surface area contributed by atoms with E-state index in [0.717, 1.165) is 42.9 Å². The molecule has 0 spiro atoms. The van der Waals surface area contributed by atoms with Crippen molar-refractivity contribution in [3.05, 3.63) is 58.1 Å². The first-order chi connectivity index (χ1) is 15.1. The summed E-state index contributed by atoms with van der Waals surface area (Å²) in [5.74, 6) is 1.63. The van der Waals surface area contributed by atoms with E-state index in [1.807, 2.05) is 23.1 Å². The van der Waals surface area contributed by atoms with Crippen molar-refractivity contribution in [2.75, 3.05) is 31.6 Å². The average Bonchev–Trinajstić information content (AvgIpc) is 3.15. The summed E-state index contributed by atoms with van der Waals surface area (Å²) in [5.41, 5.74) is 1.60. The summed E-state index contributed by atoms with van der Waals surface area (Å²) < 4.78 is 11.5. The van der Waals surface area contributed by atoms with Crippen LogP contribution < -0.4 is 14.8 Å². The van der Waals surface area contributed by atoms with Crippen molar-refractivity contribution in [1.29, 1.82) is 0 Å². The maximum Gasteiger partial charge on any atom is 0.292 e. The highest BCUT2D eigenvalue weighted by atomic mass is 16.6. The van der Waals surface area contributed by atoms with Gasteiger partial charge in [-0.05, 0) is 43.0 Å². The van der Waals surface area contributed by atoms with Crippen LogP contribution in [0.5, 0.6) is 11.5 Å². The molecule has 0 aromatic heterocycles. The van der Waals surface area contributed by atoms with E-state index >= 15 is 0 Å². The predicted molar refractivity (Wildman–Crippen MR) is 117 cm³/mol. The third-order valence-electron chi connectivity index (χ3n) is 5.71. The molecule has 1 fully saturated rings. The third kappa shape index (κ3) is 4.90. The number of carbonyl (C=O) groups is 1. The number of ether oxygens (including phenoxy) is 2. The lowest BCUT2D eigenvalue weighted by Crippen LogP contribution is -2.30. The smallest absolute Gasteiger partial charge is 0.292 e. The van der Waals surface area contributed by atoms with Crippen molar-refractivity contribution in [3.8, 4) is 11.5 Å². The minimum Gasteiger partial charge on any atom is -0.490 e. The number of nitrogens with zero attached hydrogens (tertiary/aromatic N) is 2. The molecule has 0 aliphatic carbocycles. The van der Waals surface area contributed by atoms with E-state index in [4.69, 9.17) is 9.47 Å². The second-order valence-corrected chi connectivity index (χ2v) is 7.81. The Morgan fingerprint density at radius 2 is 1.94 bits per heavy atom. The van der Waals surface area contributed by atoms with E-state index in [-0.39, 0.29) is 17.6 Å². The Bertz CT molecular complexity index is 949. The number of para-hydroxylation sites is 2. The number of nitro groups is 1. The number of amides is 1.